The molecule has 2 atom stereocenters. The lowest BCUT2D eigenvalue weighted by Crippen LogP contribution is -2.08. The Morgan fingerprint density at radius 3 is 2.47 bits per heavy atom. The van der Waals surface area contributed by atoms with Gasteiger partial charge in [-0.3, -0.25) is 0 Å². The predicted octanol–water partition coefficient (Wildman–Crippen LogP) is 1.89. The van der Waals surface area contributed by atoms with E-state index in [-0.39, 0.29) is 6.10 Å². The molecule has 2 N–H and O–H groups in total. The summed E-state index contributed by atoms with van der Waals surface area (Å²) in [6.45, 7) is 3.89. The van der Waals surface area contributed by atoms with Gasteiger partial charge in [-0.25, -0.2) is 0 Å². The van der Waals surface area contributed by atoms with Crippen molar-refractivity contribution in [2.24, 2.45) is 0 Å². The van der Waals surface area contributed by atoms with Crippen LogP contribution < -0.4 is 4.74 Å². The summed E-state index contributed by atoms with van der Waals surface area (Å²) in [5.74, 6) is 0.688. The highest BCUT2D eigenvalue weighted by molar-refractivity contribution is 5.34. The Kier molecular flexibility index (Phi) is 4.59. The molecular weight excluding hydrogens is 192 g/mol. The number of ether oxygens (including phenoxy) is 1. The third-order valence-electron chi connectivity index (χ3n) is 2.16. The van der Waals surface area contributed by atoms with Crippen molar-refractivity contribution in [1.82, 2.24) is 0 Å². The lowest BCUT2D eigenvalue weighted by atomic mass is 10.1. The zero-order valence-corrected chi connectivity index (χ0v) is 9.18. The highest BCUT2D eigenvalue weighted by atomic mass is 16.5. The van der Waals surface area contributed by atoms with Gasteiger partial charge < -0.3 is 14.9 Å². The zero-order chi connectivity index (χ0) is 11.3. The van der Waals surface area contributed by atoms with E-state index in [0.717, 1.165) is 5.56 Å². The van der Waals surface area contributed by atoms with E-state index in [9.17, 15) is 5.11 Å². The van der Waals surface area contributed by atoms with Crippen molar-refractivity contribution >= 4 is 0 Å². The van der Waals surface area contributed by atoms with Crippen LogP contribution in [0.5, 0.6) is 5.75 Å². The van der Waals surface area contributed by atoms with Crippen molar-refractivity contribution in [3.8, 4) is 5.75 Å². The molecule has 1 aromatic carbocycles. The van der Waals surface area contributed by atoms with Crippen molar-refractivity contribution < 1.29 is 14.9 Å². The number of benzene rings is 1. The first-order valence-corrected chi connectivity index (χ1v) is 5.19. The van der Waals surface area contributed by atoms with E-state index in [4.69, 9.17) is 9.84 Å². The molecule has 0 aliphatic rings. The number of rotatable bonds is 5. The van der Waals surface area contributed by atoms with Crippen LogP contribution in [0.15, 0.2) is 24.3 Å². The van der Waals surface area contributed by atoms with Gasteiger partial charge in [0.1, 0.15) is 5.75 Å². The van der Waals surface area contributed by atoms with Crippen LogP contribution in [0.3, 0.4) is 0 Å². The lowest BCUT2D eigenvalue weighted by molar-refractivity contribution is 0.151. The summed E-state index contributed by atoms with van der Waals surface area (Å²) < 4.78 is 5.49. The molecule has 0 radical (unpaired) electrons. The molecule has 1 rings (SSSR count). The van der Waals surface area contributed by atoms with E-state index in [1.807, 2.05) is 24.3 Å². The topological polar surface area (TPSA) is 49.7 Å². The van der Waals surface area contributed by atoms with E-state index in [1.54, 1.807) is 13.8 Å². The Morgan fingerprint density at radius 1 is 1.20 bits per heavy atom. The molecule has 0 heterocycles. The zero-order valence-electron chi connectivity index (χ0n) is 9.18. The Balaban J connectivity index is 2.59. The largest absolute Gasteiger partial charge is 0.493 e. The van der Waals surface area contributed by atoms with Crippen LogP contribution in [-0.2, 0) is 0 Å². The van der Waals surface area contributed by atoms with Crippen molar-refractivity contribution in [3.05, 3.63) is 29.8 Å². The standard InChI is InChI=1S/C12H18O3/c1-9(13)7-8-15-12-6-4-3-5-11(12)10(2)14/h3-6,9-10,13-14H,7-8H2,1-2H3. The SMILES string of the molecule is CC(O)CCOc1ccccc1C(C)O. The van der Waals surface area contributed by atoms with Gasteiger partial charge in [-0.05, 0) is 19.9 Å². The molecule has 2 unspecified atom stereocenters. The van der Waals surface area contributed by atoms with Gasteiger partial charge >= 0.3 is 0 Å². The van der Waals surface area contributed by atoms with Gasteiger partial charge in [0.25, 0.3) is 0 Å². The first-order valence-electron chi connectivity index (χ1n) is 5.19. The summed E-state index contributed by atoms with van der Waals surface area (Å²) in [7, 11) is 0. The second-order valence-corrected chi connectivity index (χ2v) is 3.70. The van der Waals surface area contributed by atoms with Gasteiger partial charge in [-0.15, -0.1) is 0 Å². The van der Waals surface area contributed by atoms with Crippen molar-refractivity contribution in [2.75, 3.05) is 6.61 Å². The molecule has 0 bridgehead atoms. The van der Waals surface area contributed by atoms with Crippen molar-refractivity contribution in [2.45, 2.75) is 32.5 Å². The third kappa shape index (κ3) is 3.90. The van der Waals surface area contributed by atoms with Crippen LogP contribution >= 0.6 is 0 Å². The Morgan fingerprint density at radius 2 is 1.87 bits per heavy atom. The van der Waals surface area contributed by atoms with Crippen LogP contribution in [-0.4, -0.2) is 22.9 Å². The third-order valence-corrected chi connectivity index (χ3v) is 2.16. The first-order chi connectivity index (χ1) is 7.11. The Hall–Kier alpha value is -1.06. The van der Waals surface area contributed by atoms with E-state index in [0.29, 0.717) is 18.8 Å². The minimum atomic E-state index is -0.534. The fraction of sp³-hybridized carbons (Fsp3) is 0.500. The number of hydrogen-bond acceptors (Lipinski definition) is 3. The van der Waals surface area contributed by atoms with Gasteiger partial charge in [-0.1, -0.05) is 18.2 Å². The van der Waals surface area contributed by atoms with E-state index < -0.39 is 6.10 Å². The summed E-state index contributed by atoms with van der Waals surface area (Å²) in [6, 6.07) is 7.39. The van der Waals surface area contributed by atoms with Crippen LogP contribution in [0.2, 0.25) is 0 Å². The maximum Gasteiger partial charge on any atom is 0.125 e. The maximum absolute atomic E-state index is 9.48. The van der Waals surface area contributed by atoms with Gasteiger partial charge in [0.15, 0.2) is 0 Å². The number of para-hydroxylation sites is 1. The number of hydrogen-bond donors (Lipinski definition) is 2. The van der Waals surface area contributed by atoms with Gasteiger partial charge in [0, 0.05) is 12.0 Å². The fourth-order valence-corrected chi connectivity index (χ4v) is 1.30. The Labute approximate surface area is 90.3 Å². The maximum atomic E-state index is 9.48. The highest BCUT2D eigenvalue weighted by Crippen LogP contribution is 2.24. The smallest absolute Gasteiger partial charge is 0.125 e. The van der Waals surface area contributed by atoms with Gasteiger partial charge in [0.2, 0.25) is 0 Å². The molecule has 1 aromatic rings. The number of aliphatic hydroxyl groups is 2. The molecular formula is C12H18O3. The van der Waals surface area contributed by atoms with Crippen LogP contribution in [0, 0.1) is 0 Å². The molecule has 84 valence electrons. The molecule has 3 nitrogen and oxygen atoms in total. The average Bonchev–Trinajstić information content (AvgIpc) is 2.17. The predicted molar refractivity (Wildman–Crippen MR) is 58.9 cm³/mol. The molecule has 0 aliphatic heterocycles. The second kappa shape index (κ2) is 5.73. The molecule has 0 amide bonds. The molecule has 0 saturated heterocycles. The fourth-order valence-electron chi connectivity index (χ4n) is 1.30. The molecule has 0 saturated carbocycles. The van der Waals surface area contributed by atoms with E-state index in [1.165, 1.54) is 0 Å². The monoisotopic (exact) mass is 210 g/mol. The van der Waals surface area contributed by atoms with Crippen molar-refractivity contribution in [3.63, 3.8) is 0 Å². The summed E-state index contributed by atoms with van der Waals surface area (Å²) >= 11 is 0. The van der Waals surface area contributed by atoms with Crippen LogP contribution in [0.25, 0.3) is 0 Å². The first kappa shape index (κ1) is 12.0. The van der Waals surface area contributed by atoms with Crippen LogP contribution in [0.4, 0.5) is 0 Å². The minimum absolute atomic E-state index is 0.358. The normalized spacial score (nSPS) is 14.7. The van der Waals surface area contributed by atoms with Gasteiger partial charge in [-0.2, -0.15) is 0 Å². The molecule has 0 spiro atoms. The number of aliphatic hydroxyl groups excluding tert-OH is 2. The van der Waals surface area contributed by atoms with Crippen molar-refractivity contribution in [1.29, 1.82) is 0 Å². The molecule has 0 aromatic heterocycles. The molecule has 3 heteroatoms. The summed E-state index contributed by atoms with van der Waals surface area (Å²) in [5.41, 5.74) is 0.781. The molecule has 0 aliphatic carbocycles. The molecule has 0 fully saturated rings. The lowest BCUT2D eigenvalue weighted by Gasteiger charge is -2.13. The van der Waals surface area contributed by atoms with Gasteiger partial charge in [0.05, 0.1) is 18.8 Å². The summed E-state index contributed by atoms with van der Waals surface area (Å²) in [4.78, 5) is 0. The minimum Gasteiger partial charge on any atom is -0.493 e. The summed E-state index contributed by atoms with van der Waals surface area (Å²) in [6.07, 6.45) is -0.301. The van der Waals surface area contributed by atoms with Crippen LogP contribution in [0.1, 0.15) is 31.9 Å². The van der Waals surface area contributed by atoms with E-state index in [2.05, 4.69) is 0 Å². The highest BCUT2D eigenvalue weighted by Gasteiger charge is 2.08. The quantitative estimate of drug-likeness (QED) is 0.780. The Bertz CT molecular complexity index is 295. The average molecular weight is 210 g/mol. The summed E-state index contributed by atoms with van der Waals surface area (Å²) in [5, 5.41) is 18.6. The van der Waals surface area contributed by atoms with E-state index >= 15 is 0 Å². The molecule has 15 heavy (non-hydrogen) atoms. The second-order valence-electron chi connectivity index (χ2n) is 3.70.